The van der Waals surface area contributed by atoms with Crippen LogP contribution in [-0.4, -0.2) is 9.97 Å². The first-order valence-corrected chi connectivity index (χ1v) is 22.4. The Bertz CT molecular complexity index is 3520. The second-order valence-electron chi connectivity index (χ2n) is 16.6. The van der Waals surface area contributed by atoms with Gasteiger partial charge < -0.3 is 0 Å². The zero-order valence-electron chi connectivity index (χ0n) is 34.7. The summed E-state index contributed by atoms with van der Waals surface area (Å²) in [5.41, 5.74) is 18.2. The van der Waals surface area contributed by atoms with Gasteiger partial charge in [-0.05, 0) is 111 Å². The lowest BCUT2D eigenvalue weighted by Gasteiger charge is -2.29. The van der Waals surface area contributed by atoms with Crippen molar-refractivity contribution in [2.75, 3.05) is 0 Å². The van der Waals surface area contributed by atoms with E-state index in [0.29, 0.717) is 5.82 Å². The van der Waals surface area contributed by atoms with Gasteiger partial charge in [0.2, 0.25) is 0 Å². The van der Waals surface area contributed by atoms with E-state index in [1.54, 1.807) is 0 Å². The van der Waals surface area contributed by atoms with Gasteiger partial charge in [0, 0.05) is 42.3 Å². The Kier molecular flexibility index (Phi) is 8.84. The molecule has 0 fully saturated rings. The first-order chi connectivity index (χ1) is 31.1. The van der Waals surface area contributed by atoms with Gasteiger partial charge in [0.1, 0.15) is 0 Å². The normalized spacial score (nSPS) is 14.2. The molecule has 0 amide bonds. The molecule has 0 spiro atoms. The van der Waals surface area contributed by atoms with Crippen LogP contribution < -0.4 is 0 Å². The van der Waals surface area contributed by atoms with Crippen LogP contribution in [0.25, 0.3) is 98.6 Å². The lowest BCUT2D eigenvalue weighted by atomic mass is 9.73. The molecule has 2 nitrogen and oxygen atoms in total. The van der Waals surface area contributed by atoms with Crippen LogP contribution in [0.5, 0.6) is 0 Å². The molecule has 2 heterocycles. The Morgan fingerprint density at radius 3 is 1.60 bits per heavy atom. The zero-order valence-corrected chi connectivity index (χ0v) is 35.5. The topological polar surface area (TPSA) is 25.8 Å². The molecule has 3 heteroatoms. The van der Waals surface area contributed by atoms with Gasteiger partial charge in [0.15, 0.2) is 5.82 Å². The Morgan fingerprint density at radius 2 is 0.889 bits per heavy atom. The Hall–Kier alpha value is -7.72. The molecule has 0 radical (unpaired) electrons. The van der Waals surface area contributed by atoms with E-state index >= 15 is 0 Å². The quantitative estimate of drug-likeness (QED) is 0.160. The number of hydrogen-bond donors (Lipinski definition) is 0. The molecule has 1 aliphatic carbocycles. The molecule has 0 saturated heterocycles. The largest absolute Gasteiger partial charge is 0.228 e. The number of thiophene rings is 1. The van der Waals surface area contributed by atoms with Crippen LogP contribution in [0, 0.1) is 0 Å². The number of benzene rings is 9. The molecule has 0 aliphatic heterocycles. The van der Waals surface area contributed by atoms with Crippen LogP contribution in [0.2, 0.25) is 0 Å². The molecule has 9 aromatic carbocycles. The van der Waals surface area contributed by atoms with Gasteiger partial charge in [-0.3, -0.25) is 0 Å². The Labute approximate surface area is 371 Å². The minimum absolute atomic E-state index is 0.339. The molecule has 0 bridgehead atoms. The van der Waals surface area contributed by atoms with Crippen molar-refractivity contribution in [3.8, 4) is 78.4 Å². The smallest absolute Gasteiger partial charge is 0.160 e. The summed E-state index contributed by atoms with van der Waals surface area (Å²) in [5, 5.41) is 2.60. The van der Waals surface area contributed by atoms with Gasteiger partial charge in [-0.15, -0.1) is 11.3 Å². The summed E-state index contributed by atoms with van der Waals surface area (Å²) in [6.07, 6.45) is 0. The van der Waals surface area contributed by atoms with Gasteiger partial charge >= 0.3 is 0 Å². The molecular weight excluding hydrogens is 781 g/mol. The standard InChI is InChI=1S/C60H40N2S/c1-60(47-24-9-4-10-25-47)52-28-15-27-48(39-16-5-2-6-17-39)58(52)50-32-30-44(37-53(50)60)42-21-14-23-46(35-42)55-38-54(61-59(62-55)40-18-7-3-8-19-40)45-22-13-20-41(34-45)43-31-33-57-51(36-43)49-26-11-12-29-56(49)63-57/h2-38H,1H3. The third-order valence-electron chi connectivity index (χ3n) is 13.0. The molecule has 1 aliphatic rings. The lowest BCUT2D eigenvalue weighted by molar-refractivity contribution is 0.714. The van der Waals surface area contributed by atoms with Gasteiger partial charge in [-0.2, -0.15) is 0 Å². The van der Waals surface area contributed by atoms with E-state index < -0.39 is 0 Å². The first kappa shape index (κ1) is 37.1. The predicted octanol–water partition coefficient (Wildman–Crippen LogP) is 16.2. The molecular formula is C60H40N2S. The van der Waals surface area contributed by atoms with Crippen LogP contribution in [0.4, 0.5) is 0 Å². The van der Waals surface area contributed by atoms with Crippen molar-refractivity contribution in [3.63, 3.8) is 0 Å². The lowest BCUT2D eigenvalue weighted by Crippen LogP contribution is -2.22. The summed E-state index contributed by atoms with van der Waals surface area (Å²) < 4.78 is 2.62. The van der Waals surface area contributed by atoms with Gasteiger partial charge in [0.05, 0.1) is 11.4 Å². The van der Waals surface area contributed by atoms with E-state index in [1.807, 2.05) is 17.4 Å². The van der Waals surface area contributed by atoms with Crippen LogP contribution >= 0.6 is 11.3 Å². The maximum atomic E-state index is 5.25. The predicted molar refractivity (Wildman–Crippen MR) is 265 cm³/mol. The van der Waals surface area contributed by atoms with Crippen molar-refractivity contribution in [1.29, 1.82) is 0 Å². The third kappa shape index (κ3) is 6.31. The van der Waals surface area contributed by atoms with E-state index in [4.69, 9.17) is 9.97 Å². The molecule has 296 valence electrons. The fraction of sp³-hybridized carbons (Fsp3) is 0.0333. The highest BCUT2D eigenvalue weighted by atomic mass is 32.1. The van der Waals surface area contributed by atoms with Crippen molar-refractivity contribution in [2.24, 2.45) is 0 Å². The summed E-state index contributed by atoms with van der Waals surface area (Å²) in [6.45, 7) is 2.40. The fourth-order valence-corrected chi connectivity index (χ4v) is 10.9. The van der Waals surface area contributed by atoms with Crippen LogP contribution in [0.15, 0.2) is 224 Å². The third-order valence-corrected chi connectivity index (χ3v) is 14.1. The van der Waals surface area contributed by atoms with E-state index in [-0.39, 0.29) is 5.41 Å². The minimum Gasteiger partial charge on any atom is -0.228 e. The number of aromatic nitrogens is 2. The van der Waals surface area contributed by atoms with Crippen molar-refractivity contribution in [3.05, 3.63) is 241 Å². The van der Waals surface area contributed by atoms with Crippen molar-refractivity contribution in [1.82, 2.24) is 9.97 Å². The Balaban J connectivity index is 0.968. The average Bonchev–Trinajstić information content (AvgIpc) is 3.87. The van der Waals surface area contributed by atoms with E-state index in [9.17, 15) is 0 Å². The SMILES string of the molecule is CC1(c2ccccc2)c2cc(-c3cccc(-c4cc(-c5cccc(-c6ccc7sc8ccccc8c7c6)c5)nc(-c5ccccc5)n4)c3)ccc2-c2c(-c3ccccc3)cccc21. The molecule has 2 aromatic heterocycles. The monoisotopic (exact) mass is 820 g/mol. The molecule has 1 atom stereocenters. The number of rotatable bonds is 7. The molecule has 0 saturated carbocycles. The Morgan fingerprint density at radius 1 is 0.349 bits per heavy atom. The van der Waals surface area contributed by atoms with E-state index in [1.165, 1.54) is 70.2 Å². The minimum atomic E-state index is -0.339. The van der Waals surface area contributed by atoms with Gasteiger partial charge in [-0.25, -0.2) is 9.97 Å². The summed E-state index contributed by atoms with van der Waals surface area (Å²) >= 11 is 1.85. The number of nitrogens with zero attached hydrogens (tertiary/aromatic N) is 2. The molecule has 12 rings (SSSR count). The van der Waals surface area contributed by atoms with Crippen molar-refractivity contribution >= 4 is 31.5 Å². The fourth-order valence-electron chi connectivity index (χ4n) is 9.78. The van der Waals surface area contributed by atoms with Crippen LogP contribution in [0.1, 0.15) is 23.6 Å². The highest BCUT2D eigenvalue weighted by Gasteiger charge is 2.42. The highest BCUT2D eigenvalue weighted by Crippen LogP contribution is 2.56. The van der Waals surface area contributed by atoms with Crippen molar-refractivity contribution in [2.45, 2.75) is 12.3 Å². The van der Waals surface area contributed by atoms with Crippen LogP contribution in [0.3, 0.4) is 0 Å². The molecule has 11 aromatic rings. The summed E-state index contributed by atoms with van der Waals surface area (Å²) in [4.78, 5) is 10.5. The molecule has 63 heavy (non-hydrogen) atoms. The maximum Gasteiger partial charge on any atom is 0.160 e. The van der Waals surface area contributed by atoms with E-state index in [2.05, 4.69) is 225 Å². The summed E-state index contributed by atoms with van der Waals surface area (Å²) in [7, 11) is 0. The summed E-state index contributed by atoms with van der Waals surface area (Å²) in [5.74, 6) is 0.702. The van der Waals surface area contributed by atoms with Gasteiger partial charge in [-0.1, -0.05) is 182 Å². The van der Waals surface area contributed by atoms with Crippen molar-refractivity contribution < 1.29 is 0 Å². The number of fused-ring (bicyclic) bond motifs is 6. The highest BCUT2D eigenvalue weighted by molar-refractivity contribution is 7.25. The maximum absolute atomic E-state index is 5.25. The van der Waals surface area contributed by atoms with Gasteiger partial charge in [0.25, 0.3) is 0 Å². The second kappa shape index (κ2) is 15.0. The second-order valence-corrected chi connectivity index (χ2v) is 17.7. The summed E-state index contributed by atoms with van der Waals surface area (Å²) in [6, 6.07) is 81.3. The van der Waals surface area contributed by atoms with E-state index in [0.717, 1.165) is 39.2 Å². The molecule has 1 unspecified atom stereocenters. The zero-order chi connectivity index (χ0) is 41.9. The average molecular weight is 821 g/mol. The van der Waals surface area contributed by atoms with Crippen LogP contribution in [-0.2, 0) is 5.41 Å². The molecule has 0 N–H and O–H groups in total. The first-order valence-electron chi connectivity index (χ1n) is 21.6. The number of hydrogen-bond acceptors (Lipinski definition) is 3.